The standard InChI is InChI=1S/C18H32N8O15/c19-18(20)21-9-4-7-15(22-16(27)8-3-6-14(41-26(35)36)12-39-24(31)32)17(28)37-10-2-1-5-13(40-25(33)34)11-38-23(29)30/h13-15H,1-12H2,(H,22,27)(H4,19,20,21). The van der Waals surface area contributed by atoms with Crippen LogP contribution in [0.2, 0.25) is 0 Å². The molecule has 23 heteroatoms. The highest BCUT2D eigenvalue weighted by atomic mass is 17.0. The van der Waals surface area contributed by atoms with Gasteiger partial charge in [-0.15, -0.1) is 40.5 Å². The molecule has 0 aromatic heterocycles. The number of ether oxygens (including phenoxy) is 1. The van der Waals surface area contributed by atoms with Gasteiger partial charge in [0, 0.05) is 13.0 Å². The molecule has 5 N–H and O–H groups in total. The minimum atomic E-state index is -1.30. The Bertz CT molecular complexity index is 892. The predicted molar refractivity (Wildman–Crippen MR) is 129 cm³/mol. The number of rotatable bonds is 25. The first-order valence-corrected chi connectivity index (χ1v) is 12.0. The fourth-order valence-corrected chi connectivity index (χ4v) is 3.15. The van der Waals surface area contributed by atoms with Crippen LogP contribution in [0, 0.1) is 45.9 Å². The van der Waals surface area contributed by atoms with E-state index < -0.39 is 63.7 Å². The molecule has 0 aliphatic carbocycles. The maximum Gasteiger partial charge on any atom is 0.328 e. The second kappa shape index (κ2) is 20.9. The molecule has 3 unspecified atom stereocenters. The van der Waals surface area contributed by atoms with Gasteiger partial charge in [-0.2, -0.15) is 0 Å². The molecular formula is C18H32N8O15. The predicted octanol–water partition coefficient (Wildman–Crippen LogP) is -0.811. The topological polar surface area (TPSA) is 327 Å². The summed E-state index contributed by atoms with van der Waals surface area (Å²) in [6.07, 6.45) is -2.15. The zero-order valence-electron chi connectivity index (χ0n) is 21.7. The average molecular weight is 600 g/mol. The van der Waals surface area contributed by atoms with Crippen LogP contribution in [-0.4, -0.2) is 82.8 Å². The molecule has 234 valence electrons. The third kappa shape index (κ3) is 21.6. The first-order chi connectivity index (χ1) is 19.3. The van der Waals surface area contributed by atoms with E-state index in [1.807, 2.05) is 0 Å². The summed E-state index contributed by atoms with van der Waals surface area (Å²) in [5, 5.41) is 49.2. The Hall–Kier alpha value is -4.99. The van der Waals surface area contributed by atoms with Gasteiger partial charge < -0.3 is 40.5 Å². The van der Waals surface area contributed by atoms with Crippen LogP contribution in [0.3, 0.4) is 0 Å². The summed E-state index contributed by atoms with van der Waals surface area (Å²) in [6, 6.07) is -1.13. The van der Waals surface area contributed by atoms with Crippen molar-refractivity contribution in [3.8, 4) is 0 Å². The third-order valence-corrected chi connectivity index (χ3v) is 4.90. The quantitative estimate of drug-likeness (QED) is 0.0248. The lowest BCUT2D eigenvalue weighted by Gasteiger charge is -2.19. The Morgan fingerprint density at radius 1 is 0.780 bits per heavy atom. The molecule has 0 saturated carbocycles. The zero-order valence-corrected chi connectivity index (χ0v) is 21.7. The van der Waals surface area contributed by atoms with E-state index in [9.17, 15) is 50.0 Å². The molecule has 0 aliphatic heterocycles. The van der Waals surface area contributed by atoms with E-state index >= 15 is 0 Å². The zero-order chi connectivity index (χ0) is 31.2. The molecule has 0 saturated heterocycles. The molecule has 0 radical (unpaired) electrons. The first kappa shape index (κ1) is 36.0. The van der Waals surface area contributed by atoms with Crippen LogP contribution in [0.25, 0.3) is 0 Å². The number of nitrogens with one attached hydrogen (secondary N) is 3. The van der Waals surface area contributed by atoms with Crippen LogP contribution >= 0.6 is 0 Å². The van der Waals surface area contributed by atoms with Crippen molar-refractivity contribution in [2.24, 2.45) is 5.73 Å². The molecule has 0 aromatic rings. The van der Waals surface area contributed by atoms with Crippen molar-refractivity contribution >= 4 is 17.8 Å². The minimum Gasteiger partial charge on any atom is -0.464 e. The summed E-state index contributed by atoms with van der Waals surface area (Å²) in [4.78, 5) is 83.3. The maximum atomic E-state index is 12.6. The number of nitrogens with two attached hydrogens (primary N) is 1. The number of carbonyl (C=O) groups is 2. The van der Waals surface area contributed by atoms with Crippen LogP contribution in [0.5, 0.6) is 0 Å². The molecule has 0 aliphatic rings. The van der Waals surface area contributed by atoms with E-state index in [0.717, 1.165) is 0 Å². The Morgan fingerprint density at radius 3 is 1.80 bits per heavy atom. The highest BCUT2D eigenvalue weighted by Gasteiger charge is 2.23. The Labute approximate surface area is 230 Å². The number of nitrogens with zero attached hydrogens (tertiary/aromatic N) is 4. The number of carbonyl (C=O) groups excluding carboxylic acids is 2. The van der Waals surface area contributed by atoms with Crippen molar-refractivity contribution in [1.82, 2.24) is 10.6 Å². The average Bonchev–Trinajstić information content (AvgIpc) is 2.86. The Kier molecular flexibility index (Phi) is 18.4. The summed E-state index contributed by atoms with van der Waals surface area (Å²) >= 11 is 0. The smallest absolute Gasteiger partial charge is 0.328 e. The van der Waals surface area contributed by atoms with E-state index in [1.165, 1.54) is 0 Å². The number of unbranched alkanes of at least 4 members (excludes halogenated alkanes) is 1. The maximum absolute atomic E-state index is 12.6. The Morgan fingerprint density at radius 2 is 1.32 bits per heavy atom. The van der Waals surface area contributed by atoms with Gasteiger partial charge in [-0.25, -0.2) is 4.79 Å². The van der Waals surface area contributed by atoms with Crippen molar-refractivity contribution < 1.29 is 54.0 Å². The van der Waals surface area contributed by atoms with E-state index in [2.05, 4.69) is 30.0 Å². The molecule has 0 fully saturated rings. The van der Waals surface area contributed by atoms with Crippen molar-refractivity contribution in [2.45, 2.75) is 69.6 Å². The van der Waals surface area contributed by atoms with E-state index in [4.69, 9.17) is 15.9 Å². The second-order valence-corrected chi connectivity index (χ2v) is 8.10. The van der Waals surface area contributed by atoms with Gasteiger partial charge in [-0.05, 0) is 44.9 Å². The summed E-state index contributed by atoms with van der Waals surface area (Å²) in [5.74, 6) is -1.75. The van der Waals surface area contributed by atoms with Crippen LogP contribution in [0.4, 0.5) is 0 Å². The molecule has 23 nitrogen and oxygen atoms in total. The van der Waals surface area contributed by atoms with Crippen molar-refractivity contribution in [2.75, 3.05) is 26.4 Å². The molecule has 0 rings (SSSR count). The van der Waals surface area contributed by atoms with Crippen LogP contribution in [0.15, 0.2) is 0 Å². The number of hydrogen-bond acceptors (Lipinski definition) is 16. The van der Waals surface area contributed by atoms with Gasteiger partial charge in [0.15, 0.2) is 5.96 Å². The molecule has 0 spiro atoms. The summed E-state index contributed by atoms with van der Waals surface area (Å²) in [5.41, 5.74) is 5.20. The molecule has 1 amide bonds. The van der Waals surface area contributed by atoms with Crippen LogP contribution in [-0.2, 0) is 33.7 Å². The summed E-state index contributed by atoms with van der Waals surface area (Å²) in [6.45, 7) is -1.35. The first-order valence-electron chi connectivity index (χ1n) is 12.0. The molecule has 3 atom stereocenters. The largest absolute Gasteiger partial charge is 0.464 e. The highest BCUT2D eigenvalue weighted by molar-refractivity contribution is 5.84. The van der Waals surface area contributed by atoms with Gasteiger partial charge in [0.05, 0.1) is 6.61 Å². The third-order valence-electron chi connectivity index (χ3n) is 4.90. The highest BCUT2D eigenvalue weighted by Crippen LogP contribution is 2.10. The van der Waals surface area contributed by atoms with Crippen LogP contribution in [0.1, 0.15) is 51.4 Å². The lowest BCUT2D eigenvalue weighted by molar-refractivity contribution is -0.790. The lowest BCUT2D eigenvalue weighted by Crippen LogP contribution is -2.42. The van der Waals surface area contributed by atoms with Crippen molar-refractivity contribution in [1.29, 1.82) is 5.41 Å². The summed E-state index contributed by atoms with van der Waals surface area (Å²) in [7, 11) is 0. The fourth-order valence-electron chi connectivity index (χ4n) is 3.15. The molecule has 41 heavy (non-hydrogen) atoms. The van der Waals surface area contributed by atoms with Crippen molar-refractivity contribution in [3.05, 3.63) is 40.5 Å². The summed E-state index contributed by atoms with van der Waals surface area (Å²) < 4.78 is 5.15. The fraction of sp³-hybridized carbons (Fsp3) is 0.833. The SMILES string of the molecule is N=C(N)NCCCC(NC(=O)CCCC(CO[N+](=O)[O-])O[N+](=O)[O-])C(=O)OCCCCC(CO[N+](=O)[O-])O[N+](=O)[O-]. The molecule has 0 aromatic carbocycles. The number of amides is 1. The van der Waals surface area contributed by atoms with E-state index in [1.54, 1.807) is 0 Å². The van der Waals surface area contributed by atoms with Crippen LogP contribution < -0.4 is 16.4 Å². The second-order valence-electron chi connectivity index (χ2n) is 8.10. The van der Waals surface area contributed by atoms with Gasteiger partial charge in [0.1, 0.15) is 31.5 Å². The normalized spacial score (nSPS) is 12.5. The van der Waals surface area contributed by atoms with E-state index in [-0.39, 0.29) is 70.5 Å². The van der Waals surface area contributed by atoms with Gasteiger partial charge in [-0.3, -0.25) is 10.2 Å². The van der Waals surface area contributed by atoms with Gasteiger partial charge in [0.2, 0.25) is 5.91 Å². The van der Waals surface area contributed by atoms with Crippen molar-refractivity contribution in [3.63, 3.8) is 0 Å². The minimum absolute atomic E-state index is 0.00732. The number of guanidine groups is 1. The Balaban J connectivity index is 4.81. The number of esters is 1. The molecular weight excluding hydrogens is 568 g/mol. The van der Waals surface area contributed by atoms with Gasteiger partial charge in [-0.1, -0.05) is 0 Å². The molecule has 0 heterocycles. The molecule has 0 bridgehead atoms. The van der Waals surface area contributed by atoms with Gasteiger partial charge >= 0.3 is 5.97 Å². The number of hydrogen-bond donors (Lipinski definition) is 4. The van der Waals surface area contributed by atoms with Gasteiger partial charge in [0.25, 0.3) is 20.3 Å². The monoisotopic (exact) mass is 600 g/mol. The van der Waals surface area contributed by atoms with E-state index in [0.29, 0.717) is 0 Å². The lowest BCUT2D eigenvalue weighted by atomic mass is 10.1.